The van der Waals surface area contributed by atoms with Crippen molar-refractivity contribution in [3.63, 3.8) is 0 Å². The number of aryl methyl sites for hydroxylation is 2. The molecule has 0 N–H and O–H groups in total. The number of fused-ring (bicyclic) bond motifs is 1. The average molecular weight is 380 g/mol. The third-order valence-electron chi connectivity index (χ3n) is 5.91. The molecule has 0 saturated carbocycles. The summed E-state index contributed by atoms with van der Waals surface area (Å²) in [6.45, 7) is 3.95. The molecule has 0 atom stereocenters. The average Bonchev–Trinajstić information content (AvgIpc) is 2.73. The van der Waals surface area contributed by atoms with Crippen molar-refractivity contribution in [2.45, 2.75) is 32.6 Å². The molecule has 0 aliphatic carbocycles. The molecule has 2 aliphatic rings. The second kappa shape index (κ2) is 7.74. The molecule has 146 valence electrons. The van der Waals surface area contributed by atoms with Gasteiger partial charge in [0.15, 0.2) is 0 Å². The molecule has 0 bridgehead atoms. The van der Waals surface area contributed by atoms with Gasteiger partial charge in [-0.2, -0.15) is 0 Å². The van der Waals surface area contributed by atoms with E-state index in [0.29, 0.717) is 31.5 Å². The van der Waals surface area contributed by atoms with Crippen LogP contribution in [0.1, 0.15) is 40.7 Å². The van der Waals surface area contributed by atoms with Crippen LogP contribution in [-0.2, 0) is 11.2 Å². The number of nitrogens with zero attached hydrogens (tertiary/aromatic N) is 2. The summed E-state index contributed by atoms with van der Waals surface area (Å²) in [5.41, 5.74) is 3.98. The van der Waals surface area contributed by atoms with Crippen LogP contribution in [0.25, 0.3) is 0 Å². The number of hydrogen-bond acceptors (Lipinski definition) is 2. The first-order valence-corrected chi connectivity index (χ1v) is 9.99. The molecule has 2 aromatic rings. The van der Waals surface area contributed by atoms with Crippen molar-refractivity contribution in [1.82, 2.24) is 4.90 Å². The Hall–Kier alpha value is -2.69. The fourth-order valence-electron chi connectivity index (χ4n) is 4.39. The van der Waals surface area contributed by atoms with Crippen molar-refractivity contribution in [3.05, 3.63) is 65.0 Å². The largest absolute Gasteiger partial charge is 0.339 e. The molecule has 2 amide bonds. The van der Waals surface area contributed by atoms with E-state index in [0.717, 1.165) is 30.6 Å². The molecule has 0 aromatic heterocycles. The maximum absolute atomic E-state index is 13.2. The number of carbonyl (C=O) groups excluding carboxylic acids is 2. The minimum atomic E-state index is -0.349. The van der Waals surface area contributed by atoms with Crippen LogP contribution >= 0.6 is 0 Å². The van der Waals surface area contributed by atoms with Gasteiger partial charge in [-0.05, 0) is 68.0 Å². The summed E-state index contributed by atoms with van der Waals surface area (Å²) >= 11 is 0. The van der Waals surface area contributed by atoms with E-state index in [9.17, 15) is 14.0 Å². The molecule has 5 heteroatoms. The van der Waals surface area contributed by atoms with E-state index >= 15 is 0 Å². The first-order chi connectivity index (χ1) is 13.5. The third kappa shape index (κ3) is 3.53. The Morgan fingerprint density at radius 2 is 1.71 bits per heavy atom. The molecule has 4 rings (SSSR count). The Bertz CT molecular complexity index is 886. The second-order valence-electron chi connectivity index (χ2n) is 7.75. The minimum Gasteiger partial charge on any atom is -0.339 e. The highest BCUT2D eigenvalue weighted by molar-refractivity contribution is 5.97. The minimum absolute atomic E-state index is 0.0529. The summed E-state index contributed by atoms with van der Waals surface area (Å²) in [5, 5.41) is 0. The van der Waals surface area contributed by atoms with Crippen LogP contribution in [-0.4, -0.2) is 36.3 Å². The Kier molecular flexibility index (Phi) is 5.16. The van der Waals surface area contributed by atoms with Gasteiger partial charge in [0.25, 0.3) is 5.91 Å². The predicted octanol–water partition coefficient (Wildman–Crippen LogP) is 3.97. The first-order valence-electron chi connectivity index (χ1n) is 9.99. The van der Waals surface area contributed by atoms with Crippen molar-refractivity contribution in [2.75, 3.05) is 24.5 Å². The van der Waals surface area contributed by atoms with Crippen molar-refractivity contribution < 1.29 is 14.0 Å². The zero-order chi connectivity index (χ0) is 19.7. The molecule has 0 unspecified atom stereocenters. The van der Waals surface area contributed by atoms with E-state index in [1.165, 1.54) is 29.8 Å². The van der Waals surface area contributed by atoms with E-state index < -0.39 is 0 Å². The van der Waals surface area contributed by atoms with E-state index in [4.69, 9.17) is 0 Å². The maximum atomic E-state index is 13.2. The lowest BCUT2D eigenvalue weighted by atomic mass is 9.92. The van der Waals surface area contributed by atoms with Crippen LogP contribution in [0.5, 0.6) is 0 Å². The van der Waals surface area contributed by atoms with Crippen molar-refractivity contribution >= 4 is 17.5 Å². The molecule has 0 radical (unpaired) electrons. The van der Waals surface area contributed by atoms with Crippen LogP contribution in [0.3, 0.4) is 0 Å². The molecule has 2 aliphatic heterocycles. The van der Waals surface area contributed by atoms with Crippen LogP contribution in [0.2, 0.25) is 0 Å². The molecule has 0 spiro atoms. The predicted molar refractivity (Wildman–Crippen MR) is 107 cm³/mol. The lowest BCUT2D eigenvalue weighted by Crippen LogP contribution is -2.46. The Morgan fingerprint density at radius 3 is 2.43 bits per heavy atom. The van der Waals surface area contributed by atoms with Gasteiger partial charge in [-0.25, -0.2) is 4.39 Å². The van der Waals surface area contributed by atoms with Crippen molar-refractivity contribution in [1.29, 1.82) is 0 Å². The zero-order valence-electron chi connectivity index (χ0n) is 16.2. The summed E-state index contributed by atoms with van der Waals surface area (Å²) in [5.74, 6) is -0.310. The highest BCUT2D eigenvalue weighted by atomic mass is 19.1. The Morgan fingerprint density at radius 1 is 1.00 bits per heavy atom. The van der Waals surface area contributed by atoms with Crippen molar-refractivity contribution in [2.24, 2.45) is 5.92 Å². The van der Waals surface area contributed by atoms with Crippen LogP contribution in [0, 0.1) is 18.7 Å². The number of halogens is 1. The normalized spacial score (nSPS) is 17.4. The smallest absolute Gasteiger partial charge is 0.253 e. The standard InChI is InChI=1S/C23H25FN2O2/c1-16-4-2-5-17-6-3-13-26(21(16)17)23(28)19-11-14-25(15-12-19)22(27)18-7-9-20(24)10-8-18/h2,4-5,7-10,19H,3,6,11-15H2,1H3. The highest BCUT2D eigenvalue weighted by Crippen LogP contribution is 2.33. The SMILES string of the molecule is Cc1cccc2c1N(C(=O)C1CCN(C(=O)c3ccc(F)cc3)CC1)CCC2. The molecular weight excluding hydrogens is 355 g/mol. The molecule has 2 heterocycles. The first kappa shape index (κ1) is 18.7. The fraction of sp³-hybridized carbons (Fsp3) is 0.391. The number of benzene rings is 2. The van der Waals surface area contributed by atoms with Crippen LogP contribution in [0.4, 0.5) is 10.1 Å². The van der Waals surface area contributed by atoms with Gasteiger partial charge < -0.3 is 9.80 Å². The lowest BCUT2D eigenvalue weighted by Gasteiger charge is -2.37. The summed E-state index contributed by atoms with van der Waals surface area (Å²) in [6, 6.07) is 11.9. The van der Waals surface area contributed by atoms with Crippen molar-refractivity contribution in [3.8, 4) is 0 Å². The van der Waals surface area contributed by atoms with Crippen LogP contribution < -0.4 is 4.90 Å². The number of likely N-dealkylation sites (tertiary alicyclic amines) is 1. The van der Waals surface area contributed by atoms with Gasteiger partial charge in [0.1, 0.15) is 5.82 Å². The van der Waals surface area contributed by atoms with E-state index in [2.05, 4.69) is 25.1 Å². The molecule has 1 saturated heterocycles. The van der Waals surface area contributed by atoms with E-state index in [-0.39, 0.29) is 23.5 Å². The molecule has 1 fully saturated rings. The third-order valence-corrected chi connectivity index (χ3v) is 5.91. The quantitative estimate of drug-likeness (QED) is 0.791. The number of piperidine rings is 1. The lowest BCUT2D eigenvalue weighted by molar-refractivity contribution is -0.123. The summed E-state index contributed by atoms with van der Waals surface area (Å²) < 4.78 is 13.1. The summed E-state index contributed by atoms with van der Waals surface area (Å²) in [7, 11) is 0. The number of carbonyl (C=O) groups is 2. The van der Waals surface area contributed by atoms with Gasteiger partial charge >= 0.3 is 0 Å². The van der Waals surface area contributed by atoms with Gasteiger partial charge in [0.2, 0.25) is 5.91 Å². The Balaban J connectivity index is 1.43. The molecular formula is C23H25FN2O2. The second-order valence-corrected chi connectivity index (χ2v) is 7.75. The van der Waals surface area contributed by atoms with Gasteiger partial charge in [0.05, 0.1) is 0 Å². The molecule has 4 nitrogen and oxygen atoms in total. The van der Waals surface area contributed by atoms with Gasteiger partial charge in [-0.1, -0.05) is 18.2 Å². The fourth-order valence-corrected chi connectivity index (χ4v) is 4.39. The van der Waals surface area contributed by atoms with E-state index in [1.54, 1.807) is 4.90 Å². The highest BCUT2D eigenvalue weighted by Gasteiger charge is 2.33. The monoisotopic (exact) mass is 380 g/mol. The van der Waals surface area contributed by atoms with E-state index in [1.807, 2.05) is 4.90 Å². The Labute approximate surface area is 164 Å². The zero-order valence-corrected chi connectivity index (χ0v) is 16.2. The van der Waals surface area contributed by atoms with Gasteiger partial charge in [0, 0.05) is 36.8 Å². The summed E-state index contributed by atoms with van der Waals surface area (Å²) in [4.78, 5) is 29.6. The number of rotatable bonds is 2. The van der Waals surface area contributed by atoms with Crippen LogP contribution in [0.15, 0.2) is 42.5 Å². The number of para-hydroxylation sites is 1. The topological polar surface area (TPSA) is 40.6 Å². The summed E-state index contributed by atoms with van der Waals surface area (Å²) in [6.07, 6.45) is 3.35. The van der Waals surface area contributed by atoms with Gasteiger partial charge in [-0.15, -0.1) is 0 Å². The maximum Gasteiger partial charge on any atom is 0.253 e. The number of hydrogen-bond donors (Lipinski definition) is 0. The molecule has 28 heavy (non-hydrogen) atoms. The number of anilines is 1. The number of amides is 2. The molecule has 2 aromatic carbocycles. The van der Waals surface area contributed by atoms with Gasteiger partial charge in [-0.3, -0.25) is 9.59 Å².